The van der Waals surface area contributed by atoms with Crippen LogP contribution in [0.4, 0.5) is 5.69 Å². The Morgan fingerprint density at radius 2 is 1.80 bits per heavy atom. The molecule has 0 atom stereocenters. The molecular weight excluding hydrogens is 308 g/mol. The zero-order valence-electron chi connectivity index (χ0n) is 14.9. The van der Waals surface area contributed by atoms with Gasteiger partial charge in [-0.2, -0.15) is 0 Å². The summed E-state index contributed by atoms with van der Waals surface area (Å²) in [4.78, 5) is 14.7. The first-order valence-corrected chi connectivity index (χ1v) is 8.98. The summed E-state index contributed by atoms with van der Waals surface area (Å²) >= 11 is 0. The van der Waals surface area contributed by atoms with Gasteiger partial charge in [0.1, 0.15) is 0 Å². The Bertz CT molecular complexity index is 829. The summed E-state index contributed by atoms with van der Waals surface area (Å²) in [5.74, 6) is 0.596. The van der Waals surface area contributed by atoms with Crippen LogP contribution >= 0.6 is 0 Å². The van der Waals surface area contributed by atoms with Crippen LogP contribution in [0.1, 0.15) is 35.7 Å². The van der Waals surface area contributed by atoms with E-state index in [0.29, 0.717) is 5.92 Å². The van der Waals surface area contributed by atoms with Crippen molar-refractivity contribution >= 4 is 5.69 Å². The van der Waals surface area contributed by atoms with E-state index in [1.165, 1.54) is 22.5 Å². The Hall–Kier alpha value is -2.62. The molecule has 0 saturated carbocycles. The number of nitrogens with zero attached hydrogens (tertiary/aromatic N) is 3. The van der Waals surface area contributed by atoms with Crippen LogP contribution in [0.2, 0.25) is 0 Å². The van der Waals surface area contributed by atoms with Crippen molar-refractivity contribution in [3.63, 3.8) is 0 Å². The largest absolute Gasteiger partial charge is 0.371 e. The summed E-state index contributed by atoms with van der Waals surface area (Å²) in [6, 6.07) is 13.0. The number of H-pyrrole nitrogens is 1. The molecule has 1 aliphatic rings. The van der Waals surface area contributed by atoms with Crippen molar-refractivity contribution in [3.8, 4) is 11.3 Å². The number of piperidine rings is 1. The molecule has 1 N–H and O–H groups in total. The first-order valence-electron chi connectivity index (χ1n) is 8.98. The molecule has 3 aromatic rings. The topological polar surface area (TPSA) is 44.8 Å². The second-order valence-electron chi connectivity index (χ2n) is 6.99. The molecule has 4 heteroatoms. The van der Waals surface area contributed by atoms with Crippen molar-refractivity contribution in [2.24, 2.45) is 0 Å². The van der Waals surface area contributed by atoms with Crippen LogP contribution in [0.15, 0.2) is 48.9 Å². The Labute approximate surface area is 149 Å². The first-order chi connectivity index (χ1) is 12.2. The lowest BCUT2D eigenvalue weighted by Gasteiger charge is -2.33. The van der Waals surface area contributed by atoms with Crippen molar-refractivity contribution in [2.75, 3.05) is 18.0 Å². The molecule has 25 heavy (non-hydrogen) atoms. The smallest absolute Gasteiger partial charge is 0.0921 e. The minimum atomic E-state index is 0.596. The molecule has 2 aromatic heterocycles. The predicted octanol–water partition coefficient (Wildman–Crippen LogP) is 4.47. The number of imidazole rings is 1. The summed E-state index contributed by atoms with van der Waals surface area (Å²) in [6.07, 6.45) is 6.06. The molecule has 0 aliphatic carbocycles. The molecule has 4 nitrogen and oxygen atoms in total. The van der Waals surface area contributed by atoms with Crippen LogP contribution in [-0.4, -0.2) is 28.0 Å². The van der Waals surface area contributed by atoms with Gasteiger partial charge in [-0.05, 0) is 38.8 Å². The van der Waals surface area contributed by atoms with E-state index in [2.05, 4.69) is 65.1 Å². The summed E-state index contributed by atoms with van der Waals surface area (Å²) in [7, 11) is 0. The molecule has 128 valence electrons. The Balaban J connectivity index is 1.54. The fraction of sp³-hybridized carbons (Fsp3) is 0.333. The number of aromatic amines is 1. The molecule has 3 heterocycles. The fourth-order valence-electron chi connectivity index (χ4n) is 3.64. The van der Waals surface area contributed by atoms with E-state index in [9.17, 15) is 0 Å². The normalized spacial score (nSPS) is 15.5. The van der Waals surface area contributed by atoms with Gasteiger partial charge in [-0.1, -0.05) is 29.8 Å². The van der Waals surface area contributed by atoms with Crippen LogP contribution in [0.3, 0.4) is 0 Å². The average Bonchev–Trinajstić information content (AvgIpc) is 3.17. The van der Waals surface area contributed by atoms with E-state index < -0.39 is 0 Å². The van der Waals surface area contributed by atoms with E-state index >= 15 is 0 Å². The van der Waals surface area contributed by atoms with Crippen molar-refractivity contribution in [2.45, 2.75) is 32.6 Å². The quantitative estimate of drug-likeness (QED) is 0.769. The number of hydrogen-bond acceptors (Lipinski definition) is 3. The zero-order chi connectivity index (χ0) is 17.2. The number of aromatic nitrogens is 3. The second kappa shape index (κ2) is 6.71. The van der Waals surface area contributed by atoms with Crippen molar-refractivity contribution in [1.29, 1.82) is 0 Å². The summed E-state index contributed by atoms with van der Waals surface area (Å²) in [5.41, 5.74) is 7.15. The molecule has 0 unspecified atom stereocenters. The SMILES string of the molecule is Cc1ccc(-c2cc(N3CCC(c4cnc[nH]4)CC3)cc(C)n2)cc1. The summed E-state index contributed by atoms with van der Waals surface area (Å²) < 4.78 is 0. The standard InChI is InChI=1S/C21H24N4/c1-15-3-5-17(6-4-15)20-12-19(11-16(2)24-20)25-9-7-18(8-10-25)21-13-22-14-23-21/h3-6,11-14,18H,7-10H2,1-2H3,(H,22,23). The molecule has 0 radical (unpaired) electrons. The maximum atomic E-state index is 4.74. The number of pyridine rings is 1. The number of hydrogen-bond donors (Lipinski definition) is 1. The minimum absolute atomic E-state index is 0.596. The van der Waals surface area contributed by atoms with Crippen LogP contribution in [0, 0.1) is 13.8 Å². The number of nitrogens with one attached hydrogen (secondary N) is 1. The van der Waals surface area contributed by atoms with Crippen LogP contribution in [0.25, 0.3) is 11.3 Å². The molecule has 1 saturated heterocycles. The highest BCUT2D eigenvalue weighted by molar-refractivity contribution is 5.65. The number of benzene rings is 1. The lowest BCUT2D eigenvalue weighted by Crippen LogP contribution is -2.33. The van der Waals surface area contributed by atoms with E-state index in [0.717, 1.165) is 37.3 Å². The molecule has 1 fully saturated rings. The Morgan fingerprint density at radius 1 is 1.04 bits per heavy atom. The molecular formula is C21H24N4. The maximum absolute atomic E-state index is 4.74. The number of aryl methyl sites for hydroxylation is 2. The molecule has 0 amide bonds. The van der Waals surface area contributed by atoms with Gasteiger partial charge in [0.2, 0.25) is 0 Å². The minimum Gasteiger partial charge on any atom is -0.371 e. The third-order valence-electron chi connectivity index (χ3n) is 5.10. The first kappa shape index (κ1) is 15.9. The highest BCUT2D eigenvalue weighted by Gasteiger charge is 2.22. The number of anilines is 1. The zero-order valence-corrected chi connectivity index (χ0v) is 14.9. The number of rotatable bonds is 3. The van der Waals surface area contributed by atoms with Crippen LogP contribution in [-0.2, 0) is 0 Å². The van der Waals surface area contributed by atoms with E-state index in [1.54, 1.807) is 6.33 Å². The van der Waals surface area contributed by atoms with Gasteiger partial charge < -0.3 is 9.88 Å². The van der Waals surface area contributed by atoms with Gasteiger partial charge >= 0.3 is 0 Å². The summed E-state index contributed by atoms with van der Waals surface area (Å²) in [5, 5.41) is 0. The van der Waals surface area contributed by atoms with E-state index in [1.807, 2.05) is 6.20 Å². The van der Waals surface area contributed by atoms with Crippen molar-refractivity contribution < 1.29 is 0 Å². The van der Waals surface area contributed by atoms with Gasteiger partial charge in [-0.3, -0.25) is 4.98 Å². The van der Waals surface area contributed by atoms with Crippen molar-refractivity contribution in [1.82, 2.24) is 15.0 Å². The van der Waals surface area contributed by atoms with E-state index in [4.69, 9.17) is 4.98 Å². The van der Waals surface area contributed by atoms with Gasteiger partial charge in [-0.15, -0.1) is 0 Å². The third kappa shape index (κ3) is 3.43. The maximum Gasteiger partial charge on any atom is 0.0921 e. The highest BCUT2D eigenvalue weighted by Crippen LogP contribution is 2.31. The van der Waals surface area contributed by atoms with E-state index in [-0.39, 0.29) is 0 Å². The van der Waals surface area contributed by atoms with Crippen LogP contribution < -0.4 is 4.90 Å². The van der Waals surface area contributed by atoms with Gasteiger partial charge in [0, 0.05) is 47.8 Å². The molecule has 0 spiro atoms. The Kier molecular flexibility index (Phi) is 4.26. The van der Waals surface area contributed by atoms with Gasteiger partial charge in [0.25, 0.3) is 0 Å². The predicted molar refractivity (Wildman–Crippen MR) is 102 cm³/mol. The molecule has 1 aromatic carbocycles. The van der Waals surface area contributed by atoms with Crippen LogP contribution in [0.5, 0.6) is 0 Å². The third-order valence-corrected chi connectivity index (χ3v) is 5.10. The fourth-order valence-corrected chi connectivity index (χ4v) is 3.64. The summed E-state index contributed by atoms with van der Waals surface area (Å²) in [6.45, 7) is 6.34. The van der Waals surface area contributed by atoms with Gasteiger partial charge in [0.15, 0.2) is 0 Å². The van der Waals surface area contributed by atoms with Gasteiger partial charge in [-0.25, -0.2) is 4.98 Å². The lowest BCUT2D eigenvalue weighted by molar-refractivity contribution is 0.497. The van der Waals surface area contributed by atoms with Gasteiger partial charge in [0.05, 0.1) is 12.0 Å². The average molecular weight is 332 g/mol. The molecule has 4 rings (SSSR count). The molecule has 1 aliphatic heterocycles. The lowest BCUT2D eigenvalue weighted by atomic mass is 9.93. The monoisotopic (exact) mass is 332 g/mol. The van der Waals surface area contributed by atoms with Crippen molar-refractivity contribution in [3.05, 3.63) is 65.9 Å². The highest BCUT2D eigenvalue weighted by atomic mass is 15.1. The second-order valence-corrected chi connectivity index (χ2v) is 6.99. The Morgan fingerprint density at radius 3 is 2.48 bits per heavy atom. The molecule has 0 bridgehead atoms.